The lowest BCUT2D eigenvalue weighted by atomic mass is 10.1. The summed E-state index contributed by atoms with van der Waals surface area (Å²) in [5, 5.41) is 3.01. The van der Waals surface area contributed by atoms with Crippen molar-refractivity contribution >= 4 is 34.4 Å². The number of rotatable bonds is 5. The molecule has 0 aliphatic carbocycles. The third kappa shape index (κ3) is 3.73. The topological polar surface area (TPSA) is 57.8 Å². The number of H-pyrrole nitrogens is 1. The van der Waals surface area contributed by atoms with E-state index in [1.165, 1.54) is 0 Å². The number of imidazole rings is 1. The van der Waals surface area contributed by atoms with Gasteiger partial charge in [0.25, 0.3) is 5.91 Å². The van der Waals surface area contributed by atoms with Crippen molar-refractivity contribution in [3.05, 3.63) is 78.4 Å². The zero-order valence-corrected chi connectivity index (χ0v) is 15.7. The van der Waals surface area contributed by atoms with E-state index in [1.54, 1.807) is 11.8 Å². The maximum absolute atomic E-state index is 12.8. The lowest BCUT2D eigenvalue weighted by Crippen LogP contribution is -2.13. The summed E-state index contributed by atoms with van der Waals surface area (Å²) in [7, 11) is 0. The Morgan fingerprint density at radius 2 is 1.85 bits per heavy atom. The first-order valence-electron chi connectivity index (χ1n) is 8.83. The highest BCUT2D eigenvalue weighted by Crippen LogP contribution is 2.25. The van der Waals surface area contributed by atoms with Crippen molar-refractivity contribution in [1.29, 1.82) is 0 Å². The van der Waals surface area contributed by atoms with E-state index in [-0.39, 0.29) is 5.91 Å². The van der Waals surface area contributed by atoms with Crippen molar-refractivity contribution in [2.24, 2.45) is 0 Å². The molecular weight excluding hydrogens is 354 g/mol. The molecule has 1 heterocycles. The molecule has 2 N–H and O–H groups in total. The molecule has 0 atom stereocenters. The number of amides is 1. The molecule has 0 radical (unpaired) electrons. The van der Waals surface area contributed by atoms with Gasteiger partial charge in [0.05, 0.1) is 16.6 Å². The number of fused-ring (bicyclic) bond motifs is 1. The zero-order chi connectivity index (χ0) is 18.6. The van der Waals surface area contributed by atoms with Crippen LogP contribution in [-0.4, -0.2) is 21.6 Å². The van der Waals surface area contributed by atoms with Gasteiger partial charge in [0.1, 0.15) is 5.82 Å². The molecule has 0 bridgehead atoms. The molecule has 0 spiro atoms. The molecule has 0 unspecified atom stereocenters. The van der Waals surface area contributed by atoms with Crippen LogP contribution in [-0.2, 0) is 0 Å². The van der Waals surface area contributed by atoms with Crippen LogP contribution in [0, 0.1) is 0 Å². The predicted molar refractivity (Wildman–Crippen MR) is 112 cm³/mol. The van der Waals surface area contributed by atoms with Gasteiger partial charge < -0.3 is 10.3 Å². The molecule has 4 aromatic rings. The van der Waals surface area contributed by atoms with Crippen LogP contribution in [0.3, 0.4) is 0 Å². The maximum atomic E-state index is 12.8. The fourth-order valence-electron chi connectivity index (χ4n) is 2.97. The molecule has 0 aliphatic heterocycles. The fraction of sp³-hybridized carbons (Fsp3) is 0.0909. The van der Waals surface area contributed by atoms with Gasteiger partial charge in [0.2, 0.25) is 0 Å². The van der Waals surface area contributed by atoms with Gasteiger partial charge in [0.15, 0.2) is 0 Å². The third-order valence-corrected chi connectivity index (χ3v) is 5.17. The van der Waals surface area contributed by atoms with Crippen molar-refractivity contribution in [2.45, 2.75) is 11.8 Å². The average Bonchev–Trinajstić information content (AvgIpc) is 3.13. The molecule has 0 saturated carbocycles. The first kappa shape index (κ1) is 17.4. The van der Waals surface area contributed by atoms with Gasteiger partial charge in [-0.1, -0.05) is 43.3 Å². The van der Waals surface area contributed by atoms with Gasteiger partial charge >= 0.3 is 0 Å². The molecule has 1 aromatic heterocycles. The number of benzene rings is 3. The summed E-state index contributed by atoms with van der Waals surface area (Å²) < 4.78 is 0. The summed E-state index contributed by atoms with van der Waals surface area (Å²) in [6, 6.07) is 23.3. The number of aromatic nitrogens is 2. The summed E-state index contributed by atoms with van der Waals surface area (Å²) in [4.78, 5) is 21.7. The van der Waals surface area contributed by atoms with Gasteiger partial charge in [0, 0.05) is 16.1 Å². The molecular formula is C22H19N3OS. The van der Waals surface area contributed by atoms with Crippen LogP contribution >= 0.6 is 11.8 Å². The zero-order valence-electron chi connectivity index (χ0n) is 14.9. The minimum atomic E-state index is -0.103. The highest BCUT2D eigenvalue weighted by atomic mass is 32.2. The molecule has 1 amide bonds. The first-order valence-corrected chi connectivity index (χ1v) is 9.81. The smallest absolute Gasteiger partial charge is 0.256 e. The number of nitrogens with one attached hydrogen (secondary N) is 2. The molecule has 4 nitrogen and oxygen atoms in total. The first-order chi connectivity index (χ1) is 13.2. The Hall–Kier alpha value is -3.05. The standard InChI is InChI=1S/C22H19N3OS/c1-2-27-20-13-6-3-10-17(20)22(26)23-16-9-7-8-15(14-16)21-24-18-11-4-5-12-19(18)25-21/h3-14H,2H2,1H3,(H,23,26)(H,24,25). The fourth-order valence-corrected chi connectivity index (χ4v) is 3.77. The lowest BCUT2D eigenvalue weighted by molar-refractivity contribution is 0.102. The Morgan fingerprint density at radius 3 is 2.70 bits per heavy atom. The minimum absolute atomic E-state index is 0.103. The van der Waals surface area contributed by atoms with Crippen LogP contribution < -0.4 is 5.32 Å². The number of carbonyl (C=O) groups is 1. The number of hydrogen-bond acceptors (Lipinski definition) is 3. The number of hydrogen-bond donors (Lipinski definition) is 2. The second kappa shape index (κ2) is 7.68. The summed E-state index contributed by atoms with van der Waals surface area (Å²) in [5.41, 5.74) is 4.29. The summed E-state index contributed by atoms with van der Waals surface area (Å²) in [6.45, 7) is 2.08. The molecule has 3 aromatic carbocycles. The highest BCUT2D eigenvalue weighted by molar-refractivity contribution is 7.99. The van der Waals surface area contributed by atoms with Crippen molar-refractivity contribution < 1.29 is 4.79 Å². The van der Waals surface area contributed by atoms with E-state index >= 15 is 0 Å². The third-order valence-electron chi connectivity index (χ3n) is 4.21. The van der Waals surface area contributed by atoms with Gasteiger partial charge in [-0.25, -0.2) is 4.98 Å². The van der Waals surface area contributed by atoms with E-state index < -0.39 is 0 Å². The Labute approximate surface area is 162 Å². The summed E-state index contributed by atoms with van der Waals surface area (Å²) >= 11 is 1.67. The summed E-state index contributed by atoms with van der Waals surface area (Å²) in [5.74, 6) is 1.61. The predicted octanol–water partition coefficient (Wildman–Crippen LogP) is 5.59. The van der Waals surface area contributed by atoms with Crippen molar-refractivity contribution in [3.8, 4) is 11.4 Å². The molecule has 5 heteroatoms. The van der Waals surface area contributed by atoms with Crippen LogP contribution in [0.5, 0.6) is 0 Å². The van der Waals surface area contributed by atoms with Crippen LogP contribution in [0.25, 0.3) is 22.4 Å². The molecule has 0 fully saturated rings. The van der Waals surface area contributed by atoms with Crippen LogP contribution in [0.4, 0.5) is 5.69 Å². The van der Waals surface area contributed by atoms with E-state index in [2.05, 4.69) is 22.2 Å². The van der Waals surface area contributed by atoms with Crippen LogP contribution in [0.15, 0.2) is 77.7 Å². The van der Waals surface area contributed by atoms with Gasteiger partial charge in [-0.15, -0.1) is 11.8 Å². The normalized spacial score (nSPS) is 10.9. The maximum Gasteiger partial charge on any atom is 0.256 e. The van der Waals surface area contributed by atoms with Crippen LogP contribution in [0.2, 0.25) is 0 Å². The van der Waals surface area contributed by atoms with Crippen molar-refractivity contribution in [3.63, 3.8) is 0 Å². The number of anilines is 1. The van der Waals surface area contributed by atoms with E-state index in [4.69, 9.17) is 0 Å². The van der Waals surface area contributed by atoms with Crippen molar-refractivity contribution in [2.75, 3.05) is 11.1 Å². The molecule has 27 heavy (non-hydrogen) atoms. The van der Waals surface area contributed by atoms with E-state index in [0.717, 1.165) is 38.8 Å². The van der Waals surface area contributed by atoms with Gasteiger partial charge in [-0.2, -0.15) is 0 Å². The second-order valence-electron chi connectivity index (χ2n) is 6.07. The Morgan fingerprint density at radius 1 is 1.04 bits per heavy atom. The molecule has 4 rings (SSSR count). The van der Waals surface area contributed by atoms with Crippen LogP contribution in [0.1, 0.15) is 17.3 Å². The minimum Gasteiger partial charge on any atom is -0.338 e. The van der Waals surface area contributed by atoms with E-state index in [1.807, 2.05) is 72.8 Å². The Bertz CT molecular complexity index is 1070. The van der Waals surface area contributed by atoms with Gasteiger partial charge in [-0.3, -0.25) is 4.79 Å². The van der Waals surface area contributed by atoms with Crippen molar-refractivity contribution in [1.82, 2.24) is 9.97 Å². The Kier molecular flexibility index (Phi) is 4.94. The SMILES string of the molecule is CCSc1ccccc1C(=O)Nc1cccc(-c2nc3ccccc3[nH]2)c1. The molecule has 0 aliphatic rings. The number of aromatic amines is 1. The number of carbonyl (C=O) groups excluding carboxylic acids is 1. The molecule has 134 valence electrons. The Balaban J connectivity index is 1.60. The largest absolute Gasteiger partial charge is 0.338 e. The number of para-hydroxylation sites is 2. The average molecular weight is 373 g/mol. The summed E-state index contributed by atoms with van der Waals surface area (Å²) in [6.07, 6.45) is 0. The lowest BCUT2D eigenvalue weighted by Gasteiger charge is -2.10. The monoisotopic (exact) mass is 373 g/mol. The number of thioether (sulfide) groups is 1. The van der Waals surface area contributed by atoms with E-state index in [9.17, 15) is 4.79 Å². The number of nitrogens with zero attached hydrogens (tertiary/aromatic N) is 1. The highest BCUT2D eigenvalue weighted by Gasteiger charge is 2.12. The quantitative estimate of drug-likeness (QED) is 0.448. The molecule has 0 saturated heterocycles. The second-order valence-corrected chi connectivity index (χ2v) is 7.37. The van der Waals surface area contributed by atoms with Gasteiger partial charge in [-0.05, 0) is 42.2 Å². The van der Waals surface area contributed by atoms with E-state index in [0.29, 0.717) is 5.56 Å².